The molecule has 1 rings (SSSR count). The Balaban J connectivity index is 2.40. The van der Waals surface area contributed by atoms with Crippen LogP contribution in [0.3, 0.4) is 0 Å². The van der Waals surface area contributed by atoms with Gasteiger partial charge in [-0.25, -0.2) is 0 Å². The van der Waals surface area contributed by atoms with E-state index in [-0.39, 0.29) is 0 Å². The van der Waals surface area contributed by atoms with Crippen molar-refractivity contribution in [1.82, 2.24) is 5.32 Å². The third-order valence-electron chi connectivity index (χ3n) is 3.17. The van der Waals surface area contributed by atoms with Gasteiger partial charge in [-0.15, -0.1) is 0 Å². The lowest BCUT2D eigenvalue weighted by atomic mass is 9.81. The maximum absolute atomic E-state index is 3.56. The molecule has 1 fully saturated rings. The second-order valence-corrected chi connectivity index (χ2v) is 4.41. The fourth-order valence-electron chi connectivity index (χ4n) is 1.81. The van der Waals surface area contributed by atoms with Crippen molar-refractivity contribution in [3.8, 4) is 0 Å². The summed E-state index contributed by atoms with van der Waals surface area (Å²) in [5, 5.41) is 3.56. The summed E-state index contributed by atoms with van der Waals surface area (Å²) in [5.74, 6) is 2.61. The number of hydrogen-bond acceptors (Lipinski definition) is 1. The predicted molar refractivity (Wildman–Crippen MR) is 49.6 cm³/mol. The van der Waals surface area contributed by atoms with Crippen molar-refractivity contribution in [2.75, 3.05) is 6.54 Å². The molecule has 0 saturated carbocycles. The average molecular weight is 155 g/mol. The third-order valence-corrected chi connectivity index (χ3v) is 3.17. The van der Waals surface area contributed by atoms with Gasteiger partial charge in [-0.2, -0.15) is 0 Å². The Morgan fingerprint density at radius 3 is 2.36 bits per heavy atom. The van der Waals surface area contributed by atoms with Crippen LogP contribution in [0.25, 0.3) is 0 Å². The first kappa shape index (κ1) is 9.05. The first-order chi connectivity index (χ1) is 5.11. The van der Waals surface area contributed by atoms with Crippen LogP contribution in [0.2, 0.25) is 0 Å². The van der Waals surface area contributed by atoms with Crippen LogP contribution in [0, 0.1) is 17.8 Å². The molecular formula is C10H21N. The molecule has 11 heavy (non-hydrogen) atoms. The zero-order valence-corrected chi connectivity index (χ0v) is 8.22. The maximum atomic E-state index is 3.56. The van der Waals surface area contributed by atoms with E-state index in [0.717, 1.165) is 23.8 Å². The molecule has 1 N–H and O–H groups in total. The zero-order chi connectivity index (χ0) is 8.43. The van der Waals surface area contributed by atoms with Crippen LogP contribution in [-0.4, -0.2) is 12.6 Å². The summed E-state index contributed by atoms with van der Waals surface area (Å²) in [6.45, 7) is 10.5. The molecule has 3 unspecified atom stereocenters. The van der Waals surface area contributed by atoms with Gasteiger partial charge in [0.15, 0.2) is 0 Å². The SMILES string of the molecule is CC(C)C1CNC(C)C(C)C1. The highest BCUT2D eigenvalue weighted by molar-refractivity contribution is 4.81. The Hall–Kier alpha value is -0.0400. The minimum absolute atomic E-state index is 0.727. The van der Waals surface area contributed by atoms with E-state index in [1.54, 1.807) is 0 Å². The topological polar surface area (TPSA) is 12.0 Å². The second kappa shape index (κ2) is 3.57. The monoisotopic (exact) mass is 155 g/mol. The first-order valence-corrected chi connectivity index (χ1v) is 4.84. The minimum atomic E-state index is 0.727. The van der Waals surface area contributed by atoms with Crippen LogP contribution in [-0.2, 0) is 0 Å². The van der Waals surface area contributed by atoms with Crippen molar-refractivity contribution in [2.24, 2.45) is 17.8 Å². The zero-order valence-electron chi connectivity index (χ0n) is 8.22. The molecule has 1 heterocycles. The standard InChI is InChI=1S/C10H21N/c1-7(2)10-5-8(3)9(4)11-6-10/h7-11H,5-6H2,1-4H3. The van der Waals surface area contributed by atoms with Crippen molar-refractivity contribution in [1.29, 1.82) is 0 Å². The summed E-state index contributed by atoms with van der Waals surface area (Å²) in [7, 11) is 0. The van der Waals surface area contributed by atoms with Gasteiger partial charge < -0.3 is 5.32 Å². The molecule has 1 aliphatic rings. The van der Waals surface area contributed by atoms with Gasteiger partial charge >= 0.3 is 0 Å². The molecule has 1 nitrogen and oxygen atoms in total. The summed E-state index contributed by atoms with van der Waals surface area (Å²) in [6, 6.07) is 0.727. The van der Waals surface area contributed by atoms with Crippen LogP contribution in [0.5, 0.6) is 0 Å². The molecule has 1 saturated heterocycles. The number of nitrogens with one attached hydrogen (secondary N) is 1. The van der Waals surface area contributed by atoms with Crippen molar-refractivity contribution in [2.45, 2.75) is 40.2 Å². The highest BCUT2D eigenvalue weighted by Gasteiger charge is 2.25. The van der Waals surface area contributed by atoms with Gasteiger partial charge in [-0.05, 0) is 37.6 Å². The predicted octanol–water partition coefficient (Wildman–Crippen LogP) is 2.28. The van der Waals surface area contributed by atoms with Crippen LogP contribution in [0.1, 0.15) is 34.1 Å². The van der Waals surface area contributed by atoms with Crippen LogP contribution >= 0.6 is 0 Å². The van der Waals surface area contributed by atoms with Gasteiger partial charge in [-0.3, -0.25) is 0 Å². The van der Waals surface area contributed by atoms with Crippen molar-refractivity contribution in [3.63, 3.8) is 0 Å². The lowest BCUT2D eigenvalue weighted by Gasteiger charge is -2.35. The fourth-order valence-corrected chi connectivity index (χ4v) is 1.81. The van der Waals surface area contributed by atoms with Gasteiger partial charge in [0.1, 0.15) is 0 Å². The molecule has 0 aromatic rings. The van der Waals surface area contributed by atoms with Gasteiger partial charge in [0.05, 0.1) is 0 Å². The lowest BCUT2D eigenvalue weighted by Crippen LogP contribution is -2.43. The van der Waals surface area contributed by atoms with Crippen molar-refractivity contribution in [3.05, 3.63) is 0 Å². The molecular weight excluding hydrogens is 134 g/mol. The molecule has 1 heteroatoms. The summed E-state index contributed by atoms with van der Waals surface area (Å²) in [4.78, 5) is 0. The van der Waals surface area contributed by atoms with Gasteiger partial charge in [-0.1, -0.05) is 20.8 Å². The quantitative estimate of drug-likeness (QED) is 0.612. The highest BCUT2D eigenvalue weighted by atomic mass is 14.9. The van der Waals surface area contributed by atoms with Gasteiger partial charge in [0.25, 0.3) is 0 Å². The molecule has 0 aromatic carbocycles. The van der Waals surface area contributed by atoms with Gasteiger partial charge in [0.2, 0.25) is 0 Å². The largest absolute Gasteiger partial charge is 0.314 e. The van der Waals surface area contributed by atoms with E-state index in [1.807, 2.05) is 0 Å². The van der Waals surface area contributed by atoms with Crippen LogP contribution < -0.4 is 5.32 Å². The van der Waals surface area contributed by atoms with E-state index < -0.39 is 0 Å². The van der Waals surface area contributed by atoms with Crippen LogP contribution in [0.15, 0.2) is 0 Å². The Morgan fingerprint density at radius 1 is 1.27 bits per heavy atom. The normalized spacial score (nSPS) is 39.5. The fraction of sp³-hybridized carbons (Fsp3) is 1.00. The molecule has 0 aliphatic carbocycles. The second-order valence-electron chi connectivity index (χ2n) is 4.41. The summed E-state index contributed by atoms with van der Waals surface area (Å²) in [5.41, 5.74) is 0. The Kier molecular flexibility index (Phi) is 2.94. The Morgan fingerprint density at radius 2 is 1.91 bits per heavy atom. The lowest BCUT2D eigenvalue weighted by molar-refractivity contribution is 0.202. The van der Waals surface area contributed by atoms with Crippen LogP contribution in [0.4, 0.5) is 0 Å². The van der Waals surface area contributed by atoms with E-state index in [4.69, 9.17) is 0 Å². The number of rotatable bonds is 1. The van der Waals surface area contributed by atoms with E-state index in [2.05, 4.69) is 33.0 Å². The molecule has 1 aliphatic heterocycles. The average Bonchev–Trinajstić information content (AvgIpc) is 1.94. The maximum Gasteiger partial charge on any atom is 0.00645 e. The molecule has 0 aromatic heterocycles. The molecule has 3 atom stereocenters. The van der Waals surface area contributed by atoms with E-state index in [9.17, 15) is 0 Å². The smallest absolute Gasteiger partial charge is 0.00645 e. The summed E-state index contributed by atoms with van der Waals surface area (Å²) < 4.78 is 0. The highest BCUT2D eigenvalue weighted by Crippen LogP contribution is 2.25. The molecule has 0 bridgehead atoms. The molecule has 66 valence electrons. The Bertz CT molecular complexity index is 120. The number of hydrogen-bond donors (Lipinski definition) is 1. The van der Waals surface area contributed by atoms with E-state index in [0.29, 0.717) is 0 Å². The van der Waals surface area contributed by atoms with Crippen molar-refractivity contribution >= 4 is 0 Å². The minimum Gasteiger partial charge on any atom is -0.314 e. The Labute approximate surface area is 70.6 Å². The van der Waals surface area contributed by atoms with Crippen molar-refractivity contribution < 1.29 is 0 Å². The first-order valence-electron chi connectivity index (χ1n) is 4.84. The van der Waals surface area contributed by atoms with E-state index in [1.165, 1.54) is 13.0 Å². The van der Waals surface area contributed by atoms with Gasteiger partial charge in [0, 0.05) is 6.04 Å². The summed E-state index contributed by atoms with van der Waals surface area (Å²) >= 11 is 0. The molecule has 0 spiro atoms. The van der Waals surface area contributed by atoms with E-state index >= 15 is 0 Å². The molecule has 0 amide bonds. The number of piperidine rings is 1. The summed E-state index contributed by atoms with van der Waals surface area (Å²) in [6.07, 6.45) is 1.41. The molecule has 0 radical (unpaired) electrons. The third kappa shape index (κ3) is 2.19.